The Morgan fingerprint density at radius 2 is 1.77 bits per heavy atom. The Hall–Kier alpha value is -1.75. The van der Waals surface area contributed by atoms with E-state index in [1.54, 1.807) is 14.2 Å². The van der Waals surface area contributed by atoms with E-state index in [2.05, 4.69) is 11.5 Å². The molecule has 22 heavy (non-hydrogen) atoms. The van der Waals surface area contributed by atoms with Crippen LogP contribution < -0.4 is 0 Å². The molecule has 1 fully saturated rings. The second-order valence-electron chi connectivity index (χ2n) is 5.33. The van der Waals surface area contributed by atoms with Gasteiger partial charge in [0.15, 0.2) is 5.76 Å². The van der Waals surface area contributed by atoms with Crippen LogP contribution in [0.1, 0.15) is 20.3 Å². The number of rotatable bonds is 7. The Morgan fingerprint density at radius 1 is 1.14 bits per heavy atom. The van der Waals surface area contributed by atoms with Crippen LogP contribution in [-0.4, -0.2) is 62.7 Å². The molecule has 5 heteroatoms. The minimum Gasteiger partial charge on any atom is -0.498 e. The summed E-state index contributed by atoms with van der Waals surface area (Å²) >= 11 is 0. The lowest BCUT2D eigenvalue weighted by Gasteiger charge is -2.34. The SMILES string of the molecule is C=C(/C=C\C(OC)=C(/C)OC)CN1CCN(C(=O)CC)CC1. The molecule has 0 spiro atoms. The first-order chi connectivity index (χ1) is 10.5. The largest absolute Gasteiger partial charge is 0.498 e. The Labute approximate surface area is 133 Å². The van der Waals surface area contributed by atoms with Gasteiger partial charge in [0, 0.05) is 39.1 Å². The van der Waals surface area contributed by atoms with E-state index in [1.165, 1.54) is 0 Å². The molecule has 0 aromatic rings. The summed E-state index contributed by atoms with van der Waals surface area (Å²) in [6, 6.07) is 0. The van der Waals surface area contributed by atoms with Crippen molar-refractivity contribution in [3.8, 4) is 0 Å². The smallest absolute Gasteiger partial charge is 0.222 e. The monoisotopic (exact) mass is 308 g/mol. The number of ether oxygens (including phenoxy) is 2. The van der Waals surface area contributed by atoms with Crippen LogP contribution in [0.2, 0.25) is 0 Å². The Balaban J connectivity index is 2.45. The molecular weight excluding hydrogens is 280 g/mol. The summed E-state index contributed by atoms with van der Waals surface area (Å²) in [4.78, 5) is 15.9. The van der Waals surface area contributed by atoms with E-state index < -0.39 is 0 Å². The molecule has 1 rings (SSSR count). The lowest BCUT2D eigenvalue weighted by atomic mass is 10.2. The molecule has 1 amide bonds. The van der Waals surface area contributed by atoms with E-state index in [0.29, 0.717) is 12.2 Å². The number of piperazine rings is 1. The molecule has 1 heterocycles. The van der Waals surface area contributed by atoms with E-state index in [0.717, 1.165) is 44.1 Å². The number of carbonyl (C=O) groups is 1. The number of amides is 1. The summed E-state index contributed by atoms with van der Waals surface area (Å²) in [5.41, 5.74) is 1.01. The number of carbonyl (C=O) groups excluding carboxylic acids is 1. The molecule has 0 N–H and O–H groups in total. The minimum absolute atomic E-state index is 0.239. The summed E-state index contributed by atoms with van der Waals surface area (Å²) in [6.07, 6.45) is 4.41. The first-order valence-corrected chi connectivity index (χ1v) is 7.66. The predicted molar refractivity (Wildman–Crippen MR) is 88.3 cm³/mol. The van der Waals surface area contributed by atoms with Gasteiger partial charge < -0.3 is 14.4 Å². The van der Waals surface area contributed by atoms with Crippen molar-refractivity contribution in [3.05, 3.63) is 35.8 Å². The molecule has 0 bridgehead atoms. The average molecular weight is 308 g/mol. The van der Waals surface area contributed by atoms with Gasteiger partial charge in [0.2, 0.25) is 5.91 Å². The molecule has 1 aliphatic heterocycles. The summed E-state index contributed by atoms with van der Waals surface area (Å²) in [6.45, 7) is 12.0. The average Bonchev–Trinajstić information content (AvgIpc) is 2.55. The number of methoxy groups -OCH3 is 2. The second kappa shape index (κ2) is 9.30. The number of hydrogen-bond donors (Lipinski definition) is 0. The molecule has 0 aromatic heterocycles. The molecule has 0 saturated carbocycles. The van der Waals surface area contributed by atoms with Crippen LogP contribution in [0.25, 0.3) is 0 Å². The predicted octanol–water partition coefficient (Wildman–Crippen LogP) is 2.18. The summed E-state index contributed by atoms with van der Waals surface area (Å²) in [7, 11) is 3.24. The van der Waals surface area contributed by atoms with Crippen LogP contribution in [-0.2, 0) is 14.3 Å². The van der Waals surface area contributed by atoms with Crippen LogP contribution in [0.15, 0.2) is 35.8 Å². The highest BCUT2D eigenvalue weighted by Crippen LogP contribution is 2.10. The maximum atomic E-state index is 11.6. The zero-order valence-electron chi connectivity index (χ0n) is 14.2. The van der Waals surface area contributed by atoms with Crippen molar-refractivity contribution in [3.63, 3.8) is 0 Å². The van der Waals surface area contributed by atoms with Crippen LogP contribution in [0.5, 0.6) is 0 Å². The number of nitrogens with zero attached hydrogens (tertiary/aromatic N) is 2. The summed E-state index contributed by atoms with van der Waals surface area (Å²) < 4.78 is 10.4. The van der Waals surface area contributed by atoms with Gasteiger partial charge in [0.25, 0.3) is 0 Å². The van der Waals surface area contributed by atoms with Gasteiger partial charge in [-0.1, -0.05) is 19.6 Å². The van der Waals surface area contributed by atoms with Crippen molar-refractivity contribution < 1.29 is 14.3 Å². The van der Waals surface area contributed by atoms with Crippen molar-refractivity contribution in [1.82, 2.24) is 9.80 Å². The van der Waals surface area contributed by atoms with Crippen molar-refractivity contribution in [2.45, 2.75) is 20.3 Å². The third-order valence-electron chi connectivity index (χ3n) is 3.80. The van der Waals surface area contributed by atoms with E-state index >= 15 is 0 Å². The minimum atomic E-state index is 0.239. The fourth-order valence-electron chi connectivity index (χ4n) is 2.34. The van der Waals surface area contributed by atoms with Crippen LogP contribution >= 0.6 is 0 Å². The molecular formula is C17H28N2O3. The molecule has 0 atom stereocenters. The van der Waals surface area contributed by atoms with Crippen LogP contribution in [0, 0.1) is 0 Å². The standard InChI is InChI=1S/C17H28N2O3/c1-6-17(20)19-11-9-18(10-12-19)13-14(2)7-8-16(22-5)15(3)21-4/h7-8H,2,6,9-13H2,1,3-5H3/b8-7-,16-15-. The van der Waals surface area contributed by atoms with E-state index in [1.807, 2.05) is 30.9 Å². The number of allylic oxidation sites excluding steroid dienone is 2. The molecule has 1 aliphatic rings. The molecule has 0 radical (unpaired) electrons. The lowest BCUT2D eigenvalue weighted by molar-refractivity contribution is -0.132. The van der Waals surface area contributed by atoms with Gasteiger partial charge in [-0.15, -0.1) is 0 Å². The van der Waals surface area contributed by atoms with Crippen molar-refractivity contribution in [1.29, 1.82) is 0 Å². The molecule has 5 nitrogen and oxygen atoms in total. The third-order valence-corrected chi connectivity index (χ3v) is 3.80. The highest BCUT2D eigenvalue weighted by molar-refractivity contribution is 5.75. The summed E-state index contributed by atoms with van der Waals surface area (Å²) in [5, 5.41) is 0. The maximum absolute atomic E-state index is 11.6. The fraction of sp³-hybridized carbons (Fsp3) is 0.588. The van der Waals surface area contributed by atoms with Gasteiger partial charge in [0.05, 0.1) is 14.2 Å². The second-order valence-corrected chi connectivity index (χ2v) is 5.33. The maximum Gasteiger partial charge on any atom is 0.222 e. The summed E-state index contributed by atoms with van der Waals surface area (Å²) in [5.74, 6) is 1.67. The van der Waals surface area contributed by atoms with Gasteiger partial charge in [-0.25, -0.2) is 0 Å². The van der Waals surface area contributed by atoms with Gasteiger partial charge in [-0.3, -0.25) is 9.69 Å². The zero-order valence-corrected chi connectivity index (χ0v) is 14.2. The Bertz CT molecular complexity index is 447. The highest BCUT2D eigenvalue weighted by atomic mass is 16.5. The third kappa shape index (κ3) is 5.56. The van der Waals surface area contributed by atoms with Crippen LogP contribution in [0.3, 0.4) is 0 Å². The van der Waals surface area contributed by atoms with Gasteiger partial charge >= 0.3 is 0 Å². The van der Waals surface area contributed by atoms with Crippen molar-refractivity contribution in [2.75, 3.05) is 46.9 Å². The Morgan fingerprint density at radius 3 is 2.27 bits per heavy atom. The van der Waals surface area contributed by atoms with E-state index in [4.69, 9.17) is 9.47 Å². The normalized spacial score (nSPS) is 17.4. The first kappa shape index (κ1) is 18.3. The number of hydrogen-bond acceptors (Lipinski definition) is 4. The topological polar surface area (TPSA) is 42.0 Å². The van der Waals surface area contributed by atoms with E-state index in [-0.39, 0.29) is 5.91 Å². The van der Waals surface area contributed by atoms with Crippen molar-refractivity contribution >= 4 is 5.91 Å². The first-order valence-electron chi connectivity index (χ1n) is 7.66. The quantitative estimate of drug-likeness (QED) is 0.534. The van der Waals surface area contributed by atoms with Crippen LogP contribution in [0.4, 0.5) is 0 Å². The molecule has 0 aromatic carbocycles. The molecule has 124 valence electrons. The van der Waals surface area contributed by atoms with Gasteiger partial charge in [-0.2, -0.15) is 0 Å². The highest BCUT2D eigenvalue weighted by Gasteiger charge is 2.19. The van der Waals surface area contributed by atoms with Gasteiger partial charge in [-0.05, 0) is 18.6 Å². The lowest BCUT2D eigenvalue weighted by Crippen LogP contribution is -2.48. The molecule has 0 unspecified atom stereocenters. The molecule has 1 saturated heterocycles. The fourth-order valence-corrected chi connectivity index (χ4v) is 2.34. The van der Waals surface area contributed by atoms with E-state index in [9.17, 15) is 4.79 Å². The Kier molecular flexibility index (Phi) is 7.74. The zero-order chi connectivity index (χ0) is 16.5. The van der Waals surface area contributed by atoms with Gasteiger partial charge in [0.1, 0.15) is 5.76 Å². The van der Waals surface area contributed by atoms with Crippen molar-refractivity contribution in [2.24, 2.45) is 0 Å². The molecule has 0 aliphatic carbocycles.